The highest BCUT2D eigenvalue weighted by molar-refractivity contribution is 6.32. The third-order valence-corrected chi connectivity index (χ3v) is 6.48. The Hall–Kier alpha value is -3.39. The molecule has 1 aromatic heterocycles. The molecule has 0 aliphatic heterocycles. The zero-order valence-electron chi connectivity index (χ0n) is 15.1. The van der Waals surface area contributed by atoms with E-state index >= 15 is 0 Å². The van der Waals surface area contributed by atoms with Gasteiger partial charge in [-0.3, -0.25) is 9.59 Å². The first kappa shape index (κ1) is 16.8. The smallest absolute Gasteiger partial charge is 0.184 e. The van der Waals surface area contributed by atoms with Crippen molar-refractivity contribution >= 4 is 11.6 Å². The number of carbonyl (C=O) groups is 2. The molecule has 1 spiro atoms. The summed E-state index contributed by atoms with van der Waals surface area (Å²) in [5, 5.41) is 9.88. The van der Waals surface area contributed by atoms with Crippen molar-refractivity contribution in [2.45, 2.75) is 25.2 Å². The first-order chi connectivity index (χ1) is 13.6. The summed E-state index contributed by atoms with van der Waals surface area (Å²) in [5.74, 6) is -1.24. The van der Waals surface area contributed by atoms with Crippen molar-refractivity contribution in [1.82, 2.24) is 0 Å². The minimum atomic E-state index is -1.59. The Morgan fingerprint density at radius 3 is 2.46 bits per heavy atom. The van der Waals surface area contributed by atoms with Crippen LogP contribution in [0.4, 0.5) is 0 Å². The Morgan fingerprint density at radius 1 is 1.14 bits per heavy atom. The van der Waals surface area contributed by atoms with Gasteiger partial charge in [0, 0.05) is 22.7 Å². The van der Waals surface area contributed by atoms with Gasteiger partial charge in [0.2, 0.25) is 0 Å². The molecule has 1 aromatic carbocycles. The molecule has 28 heavy (non-hydrogen) atoms. The number of fused-ring (bicyclic) bond motifs is 2. The molecule has 138 valence electrons. The van der Waals surface area contributed by atoms with Gasteiger partial charge in [0.05, 0.1) is 18.1 Å². The Bertz CT molecular complexity index is 1080. The van der Waals surface area contributed by atoms with Gasteiger partial charge in [0.25, 0.3) is 0 Å². The molecule has 0 radical (unpaired) electrons. The second-order valence-electron chi connectivity index (χ2n) is 7.64. The van der Waals surface area contributed by atoms with Gasteiger partial charge in [0.15, 0.2) is 11.6 Å². The predicted octanol–water partition coefficient (Wildman–Crippen LogP) is 3.91. The van der Waals surface area contributed by atoms with Gasteiger partial charge in [-0.05, 0) is 42.4 Å². The largest absolute Gasteiger partial charge is 0.472 e. The molecule has 5 nitrogen and oxygen atoms in total. The highest BCUT2D eigenvalue weighted by Crippen LogP contribution is 2.60. The van der Waals surface area contributed by atoms with Gasteiger partial charge >= 0.3 is 0 Å². The molecule has 3 aliphatic rings. The maximum atomic E-state index is 13.7. The molecule has 2 atom stereocenters. The van der Waals surface area contributed by atoms with Crippen LogP contribution in [0.15, 0.2) is 70.2 Å². The van der Waals surface area contributed by atoms with Gasteiger partial charge in [-0.15, -0.1) is 0 Å². The average molecular weight is 370 g/mol. The summed E-state index contributed by atoms with van der Waals surface area (Å²) < 4.78 is 5.32. The lowest BCUT2D eigenvalue weighted by Crippen LogP contribution is -2.51. The Morgan fingerprint density at radius 2 is 1.86 bits per heavy atom. The van der Waals surface area contributed by atoms with Crippen LogP contribution in [0.3, 0.4) is 0 Å². The minimum Gasteiger partial charge on any atom is -0.472 e. The monoisotopic (exact) mass is 370 g/mol. The van der Waals surface area contributed by atoms with Crippen molar-refractivity contribution in [3.05, 3.63) is 82.5 Å². The quantitative estimate of drug-likeness (QED) is 0.768. The number of rotatable bonds is 1. The van der Waals surface area contributed by atoms with Crippen LogP contribution >= 0.6 is 0 Å². The molecule has 5 rings (SSSR count). The summed E-state index contributed by atoms with van der Waals surface area (Å²) >= 11 is 0. The van der Waals surface area contributed by atoms with Crippen LogP contribution in [0.1, 0.15) is 51.5 Å². The third kappa shape index (κ3) is 1.85. The van der Waals surface area contributed by atoms with Crippen LogP contribution in [0.5, 0.6) is 0 Å². The van der Waals surface area contributed by atoms with Crippen LogP contribution in [0, 0.1) is 22.7 Å². The minimum absolute atomic E-state index is 0.0804. The Balaban J connectivity index is 1.88. The van der Waals surface area contributed by atoms with Crippen LogP contribution in [0.25, 0.3) is 0 Å². The SMILES string of the molecule is N#CC1=C(N)C2(C(=O)c3ccccc3C2=O)[C@@H](c2ccoc2)[C@@H]2CCCC=C12. The summed E-state index contributed by atoms with van der Waals surface area (Å²) in [4.78, 5) is 27.5. The fourth-order valence-corrected chi connectivity index (χ4v) is 5.35. The number of furan rings is 1. The molecule has 0 bridgehead atoms. The fourth-order valence-electron chi connectivity index (χ4n) is 5.35. The molecule has 0 fully saturated rings. The Kier molecular flexibility index (Phi) is 3.47. The summed E-state index contributed by atoms with van der Waals surface area (Å²) in [6.07, 6.45) is 7.76. The number of ketones is 2. The number of nitrogens with two attached hydrogens (primary N) is 1. The van der Waals surface area contributed by atoms with Gasteiger partial charge in [-0.2, -0.15) is 5.26 Å². The first-order valence-corrected chi connectivity index (χ1v) is 9.43. The van der Waals surface area contributed by atoms with E-state index in [4.69, 9.17) is 10.2 Å². The zero-order valence-corrected chi connectivity index (χ0v) is 15.1. The summed E-state index contributed by atoms with van der Waals surface area (Å²) in [7, 11) is 0. The van der Waals surface area contributed by atoms with E-state index < -0.39 is 11.3 Å². The van der Waals surface area contributed by atoms with E-state index in [-0.39, 0.29) is 23.2 Å². The standard InChI is InChI=1S/C23H18N2O3/c24-11-18-14-5-1-2-6-15(14)19(13-9-10-28-12-13)23(20(18)25)21(26)16-7-3-4-8-17(16)22(23)27/h3-5,7-10,12,15,19H,1-2,6,25H2/t15-,19+/m1/s1. The number of allylic oxidation sites excluding steroid dienone is 4. The van der Waals surface area contributed by atoms with Gasteiger partial charge in [0.1, 0.15) is 11.5 Å². The van der Waals surface area contributed by atoms with E-state index in [1.54, 1.807) is 42.9 Å². The van der Waals surface area contributed by atoms with E-state index in [0.29, 0.717) is 16.7 Å². The normalized spacial score (nSPS) is 25.3. The van der Waals surface area contributed by atoms with Crippen LogP contribution in [-0.4, -0.2) is 11.6 Å². The lowest BCUT2D eigenvalue weighted by atomic mass is 9.54. The van der Waals surface area contributed by atoms with E-state index in [2.05, 4.69) is 6.07 Å². The molecular weight excluding hydrogens is 352 g/mol. The maximum Gasteiger partial charge on any atom is 0.184 e. The number of nitrogens with zero attached hydrogens (tertiary/aromatic N) is 1. The molecule has 1 heterocycles. The van der Waals surface area contributed by atoms with Crippen molar-refractivity contribution in [2.24, 2.45) is 17.1 Å². The summed E-state index contributed by atoms with van der Waals surface area (Å²) in [6.45, 7) is 0. The maximum absolute atomic E-state index is 13.7. The zero-order chi connectivity index (χ0) is 19.5. The molecule has 0 amide bonds. The highest BCUT2D eigenvalue weighted by atomic mass is 16.3. The number of hydrogen-bond donors (Lipinski definition) is 1. The number of benzene rings is 1. The van der Waals surface area contributed by atoms with Gasteiger partial charge in [-0.1, -0.05) is 30.3 Å². The molecular formula is C23H18N2O3. The van der Waals surface area contributed by atoms with Crippen molar-refractivity contribution in [2.75, 3.05) is 0 Å². The second kappa shape index (κ2) is 5.80. The van der Waals surface area contributed by atoms with E-state index in [1.807, 2.05) is 6.08 Å². The predicted molar refractivity (Wildman–Crippen MR) is 101 cm³/mol. The molecule has 0 unspecified atom stereocenters. The fraction of sp³-hybridized carbons (Fsp3) is 0.261. The van der Waals surface area contributed by atoms with E-state index in [0.717, 1.165) is 30.4 Å². The topological polar surface area (TPSA) is 97.1 Å². The van der Waals surface area contributed by atoms with E-state index in [9.17, 15) is 14.9 Å². The van der Waals surface area contributed by atoms with Crippen molar-refractivity contribution in [3.8, 4) is 6.07 Å². The lowest BCUT2D eigenvalue weighted by molar-refractivity contribution is 0.0658. The number of carbonyl (C=O) groups excluding carboxylic acids is 2. The molecule has 0 saturated heterocycles. The number of Topliss-reactive ketones (excluding diaryl/α,β-unsaturated/α-hetero) is 2. The van der Waals surface area contributed by atoms with Crippen molar-refractivity contribution < 1.29 is 14.0 Å². The van der Waals surface area contributed by atoms with Crippen molar-refractivity contribution in [1.29, 1.82) is 5.26 Å². The first-order valence-electron chi connectivity index (χ1n) is 9.43. The molecule has 2 N–H and O–H groups in total. The summed E-state index contributed by atoms with van der Waals surface area (Å²) in [6, 6.07) is 10.8. The van der Waals surface area contributed by atoms with Gasteiger partial charge in [-0.25, -0.2) is 0 Å². The van der Waals surface area contributed by atoms with Crippen LogP contribution in [-0.2, 0) is 0 Å². The van der Waals surface area contributed by atoms with E-state index in [1.165, 1.54) is 0 Å². The molecule has 5 heteroatoms. The Labute approximate surface area is 162 Å². The number of nitriles is 1. The summed E-state index contributed by atoms with van der Waals surface area (Å²) in [5.41, 5.74) is 7.71. The number of hydrogen-bond acceptors (Lipinski definition) is 5. The van der Waals surface area contributed by atoms with Crippen LogP contribution in [0.2, 0.25) is 0 Å². The lowest BCUT2D eigenvalue weighted by Gasteiger charge is -2.46. The van der Waals surface area contributed by atoms with Crippen molar-refractivity contribution in [3.63, 3.8) is 0 Å². The molecule has 3 aliphatic carbocycles. The molecule has 2 aromatic rings. The van der Waals surface area contributed by atoms with Gasteiger partial charge < -0.3 is 10.2 Å². The molecule has 0 saturated carbocycles. The third-order valence-electron chi connectivity index (χ3n) is 6.48. The average Bonchev–Trinajstić information content (AvgIpc) is 3.32. The van der Waals surface area contributed by atoms with Crippen LogP contribution < -0.4 is 5.73 Å². The highest BCUT2D eigenvalue weighted by Gasteiger charge is 2.64. The second-order valence-corrected chi connectivity index (χ2v) is 7.64.